The van der Waals surface area contributed by atoms with E-state index in [1.807, 2.05) is 12.4 Å². The molecular formula is C58H50N14. The van der Waals surface area contributed by atoms with Crippen molar-refractivity contribution in [2.45, 2.75) is 69.2 Å². The van der Waals surface area contributed by atoms with E-state index in [2.05, 4.69) is 180 Å². The lowest BCUT2D eigenvalue weighted by molar-refractivity contribution is 1.11. The molecule has 14 heteroatoms. The lowest BCUT2D eigenvalue weighted by Crippen LogP contribution is -2.17. The third-order valence-corrected chi connectivity index (χ3v) is 13.2. The number of nitrogens with zero attached hydrogens (tertiary/aromatic N) is 14. The topological polar surface area (TPSA) is 161 Å². The lowest BCUT2D eigenvalue weighted by atomic mass is 9.99. The molecule has 0 radical (unpaired) electrons. The molecule has 0 spiro atoms. The van der Waals surface area contributed by atoms with Crippen LogP contribution in [-0.4, -0.2) is 59.8 Å². The molecule has 0 unspecified atom stereocenters. The number of hydrogen-bond donors (Lipinski definition) is 0. The Balaban J connectivity index is 0.000000156. The molecule has 12 rings (SSSR count). The quantitative estimate of drug-likeness (QED) is 0.145. The van der Waals surface area contributed by atoms with Gasteiger partial charge in [0.05, 0.1) is 35.1 Å². The van der Waals surface area contributed by atoms with Crippen molar-refractivity contribution < 1.29 is 0 Å². The number of para-hydroxylation sites is 2. The third kappa shape index (κ3) is 7.68. The highest BCUT2D eigenvalue weighted by Gasteiger charge is 2.26. The minimum absolute atomic E-state index is 0.654. The first-order valence-corrected chi connectivity index (χ1v) is 23.8. The Hall–Kier alpha value is -9.04. The van der Waals surface area contributed by atoms with Crippen LogP contribution in [0.25, 0.3) is 66.2 Å². The zero-order valence-electron chi connectivity index (χ0n) is 41.8. The molecule has 72 heavy (non-hydrogen) atoms. The van der Waals surface area contributed by atoms with Crippen LogP contribution in [0.2, 0.25) is 0 Å². The molecule has 0 atom stereocenters. The Morgan fingerprint density at radius 2 is 0.486 bits per heavy atom. The molecule has 0 amide bonds. The Labute approximate surface area is 416 Å². The molecule has 352 valence electrons. The normalized spacial score (nSPS) is 11.5. The van der Waals surface area contributed by atoms with Crippen molar-refractivity contribution in [2.24, 2.45) is 0 Å². The van der Waals surface area contributed by atoms with Crippen molar-refractivity contribution >= 4 is 101 Å². The van der Waals surface area contributed by atoms with Gasteiger partial charge in [0.15, 0.2) is 11.6 Å². The SMILES string of the molecule is Cc1cc(C)c(N(c2cnc3c4nccnc4c4nccnc4c3n2)c2c(C)cc(C)cc2C)c(C)c1.Cc1cccc(C)c1N(c1cnc2c3nccnc3c3nccnc3c2n1)c1c(C)cccc1C. The first-order chi connectivity index (χ1) is 34.9. The Bertz CT molecular complexity index is 3890. The van der Waals surface area contributed by atoms with E-state index in [1.165, 1.54) is 33.4 Å². The van der Waals surface area contributed by atoms with E-state index in [9.17, 15) is 0 Å². The van der Waals surface area contributed by atoms with Crippen LogP contribution in [0.5, 0.6) is 0 Å². The molecular weight excluding hydrogens is 893 g/mol. The van der Waals surface area contributed by atoms with Gasteiger partial charge in [-0.05, 0) is 114 Å². The molecule has 0 N–H and O–H groups in total. The fraction of sp³-hybridized carbons (Fsp3) is 0.172. The number of aromatic nitrogens is 12. The summed E-state index contributed by atoms with van der Waals surface area (Å²) in [4.78, 5) is 61.2. The molecule has 0 saturated heterocycles. The summed E-state index contributed by atoms with van der Waals surface area (Å²) in [5, 5.41) is 0. The maximum Gasteiger partial charge on any atom is 0.157 e. The number of hydrogen-bond acceptors (Lipinski definition) is 14. The Morgan fingerprint density at radius 3 is 0.750 bits per heavy atom. The van der Waals surface area contributed by atoms with E-state index >= 15 is 0 Å². The Kier molecular flexibility index (Phi) is 11.4. The van der Waals surface area contributed by atoms with Gasteiger partial charge in [0.25, 0.3) is 0 Å². The summed E-state index contributed by atoms with van der Waals surface area (Å²) >= 11 is 0. The van der Waals surface area contributed by atoms with E-state index in [0.717, 1.165) is 45.0 Å². The zero-order chi connectivity index (χ0) is 49.9. The molecule has 6 heterocycles. The van der Waals surface area contributed by atoms with E-state index in [-0.39, 0.29) is 0 Å². The number of benzene rings is 6. The standard InChI is InChI=1S/C30H27N7.C28H23N7/c1-16-11-18(3)29(19(4)12-16)37(30-20(5)13-17(2)14-21(30)6)22-15-35-27-25-23(31-7-8-33-25)24-26(28(27)36-22)34-10-9-32-24;1-16-7-5-8-17(2)27(16)35(28-18(3)9-6-10-19(28)4)20-15-33-25-23-21(29-11-12-31-23)22-24(26(25)34-20)32-14-13-30-22/h7-15H,1-6H3;5-15H,1-4H3. The first kappa shape index (κ1) is 45.4. The lowest BCUT2D eigenvalue weighted by Gasteiger charge is -2.30. The number of fused-ring (bicyclic) bond motifs is 12. The monoisotopic (exact) mass is 942 g/mol. The van der Waals surface area contributed by atoms with Crippen molar-refractivity contribution in [3.8, 4) is 0 Å². The second-order valence-electron chi connectivity index (χ2n) is 18.5. The highest BCUT2D eigenvalue weighted by atomic mass is 15.2. The second-order valence-corrected chi connectivity index (χ2v) is 18.5. The van der Waals surface area contributed by atoms with Crippen molar-refractivity contribution in [3.63, 3.8) is 0 Å². The van der Waals surface area contributed by atoms with Crippen molar-refractivity contribution in [1.82, 2.24) is 59.8 Å². The van der Waals surface area contributed by atoms with Crippen LogP contribution in [-0.2, 0) is 0 Å². The van der Waals surface area contributed by atoms with Gasteiger partial charge in [0, 0.05) is 49.6 Å². The summed E-state index contributed by atoms with van der Waals surface area (Å²) < 4.78 is 0. The smallest absolute Gasteiger partial charge is 0.157 e. The molecule has 6 aromatic carbocycles. The largest absolute Gasteiger partial charge is 0.293 e. The first-order valence-electron chi connectivity index (χ1n) is 23.8. The van der Waals surface area contributed by atoms with Crippen LogP contribution in [0.3, 0.4) is 0 Å². The summed E-state index contributed by atoms with van der Waals surface area (Å²) in [5.74, 6) is 1.43. The van der Waals surface area contributed by atoms with Gasteiger partial charge in [-0.15, -0.1) is 0 Å². The molecule has 0 fully saturated rings. The van der Waals surface area contributed by atoms with E-state index < -0.39 is 0 Å². The predicted octanol–water partition coefficient (Wildman–Crippen LogP) is 13.1. The average molecular weight is 943 g/mol. The predicted molar refractivity (Wildman–Crippen MR) is 288 cm³/mol. The Morgan fingerprint density at radius 1 is 0.264 bits per heavy atom. The fourth-order valence-electron chi connectivity index (χ4n) is 10.4. The van der Waals surface area contributed by atoms with Crippen LogP contribution in [0.4, 0.5) is 34.4 Å². The van der Waals surface area contributed by atoms with Gasteiger partial charge in [-0.3, -0.25) is 49.7 Å². The maximum absolute atomic E-state index is 5.21. The van der Waals surface area contributed by atoms with E-state index in [4.69, 9.17) is 19.9 Å². The van der Waals surface area contributed by atoms with Crippen LogP contribution in [0, 0.1) is 69.2 Å². The number of rotatable bonds is 6. The third-order valence-electron chi connectivity index (χ3n) is 13.2. The van der Waals surface area contributed by atoms with Gasteiger partial charge in [-0.2, -0.15) is 0 Å². The zero-order valence-corrected chi connectivity index (χ0v) is 41.8. The molecule has 12 aromatic rings. The highest BCUT2D eigenvalue weighted by molar-refractivity contribution is 6.19. The van der Waals surface area contributed by atoms with Gasteiger partial charge >= 0.3 is 0 Å². The molecule has 0 aliphatic rings. The summed E-state index contributed by atoms with van der Waals surface area (Å²) in [7, 11) is 0. The van der Waals surface area contributed by atoms with Gasteiger partial charge in [-0.1, -0.05) is 71.8 Å². The van der Waals surface area contributed by atoms with Gasteiger partial charge < -0.3 is 0 Å². The second kappa shape index (κ2) is 18.0. The van der Waals surface area contributed by atoms with Crippen molar-refractivity contribution in [2.75, 3.05) is 9.80 Å². The fourth-order valence-corrected chi connectivity index (χ4v) is 10.4. The molecule has 0 aliphatic heterocycles. The summed E-state index contributed by atoms with van der Waals surface area (Å²) in [6.45, 7) is 21.4. The van der Waals surface area contributed by atoms with Gasteiger partial charge in [-0.25, -0.2) is 19.9 Å². The van der Waals surface area contributed by atoms with Crippen LogP contribution < -0.4 is 9.80 Å². The number of anilines is 6. The molecule has 0 saturated carbocycles. The van der Waals surface area contributed by atoms with Crippen LogP contribution >= 0.6 is 0 Å². The summed E-state index contributed by atoms with van der Waals surface area (Å²) in [6, 6.07) is 21.5. The summed E-state index contributed by atoms with van der Waals surface area (Å²) in [6.07, 6.45) is 17.0. The van der Waals surface area contributed by atoms with Gasteiger partial charge in [0.2, 0.25) is 0 Å². The van der Waals surface area contributed by atoms with Crippen LogP contribution in [0.15, 0.2) is 123 Å². The maximum atomic E-state index is 5.21. The minimum atomic E-state index is 0.654. The van der Waals surface area contributed by atoms with Crippen molar-refractivity contribution in [3.05, 3.63) is 178 Å². The average Bonchev–Trinajstić information content (AvgIpc) is 3.37. The summed E-state index contributed by atoms with van der Waals surface area (Å²) in [5.41, 5.74) is 24.1. The molecule has 6 aromatic heterocycles. The van der Waals surface area contributed by atoms with E-state index in [0.29, 0.717) is 77.8 Å². The molecule has 14 nitrogen and oxygen atoms in total. The van der Waals surface area contributed by atoms with E-state index in [1.54, 1.807) is 49.6 Å². The van der Waals surface area contributed by atoms with Crippen LogP contribution in [0.1, 0.15) is 55.6 Å². The minimum Gasteiger partial charge on any atom is -0.293 e. The number of aryl methyl sites for hydroxylation is 10. The van der Waals surface area contributed by atoms with Crippen molar-refractivity contribution in [1.29, 1.82) is 0 Å². The highest BCUT2D eigenvalue weighted by Crippen LogP contribution is 2.44. The molecule has 0 aliphatic carbocycles. The van der Waals surface area contributed by atoms with Gasteiger partial charge in [0.1, 0.15) is 66.2 Å². The molecule has 0 bridgehead atoms.